The summed E-state index contributed by atoms with van der Waals surface area (Å²) in [7, 11) is 0. The molecule has 1 aromatic heterocycles. The van der Waals surface area contributed by atoms with E-state index >= 15 is 0 Å². The zero-order valence-electron chi connectivity index (χ0n) is 14.4. The van der Waals surface area contributed by atoms with Crippen molar-refractivity contribution in [3.63, 3.8) is 0 Å². The molecule has 4 rings (SSSR count). The molecule has 132 valence electrons. The molecule has 4 heteroatoms. The molecule has 0 saturated heterocycles. The van der Waals surface area contributed by atoms with Gasteiger partial charge in [-0.25, -0.2) is 0 Å². The molecule has 0 radical (unpaired) electrons. The number of para-hydroxylation sites is 1. The van der Waals surface area contributed by atoms with Gasteiger partial charge in [0.1, 0.15) is 5.69 Å². The summed E-state index contributed by atoms with van der Waals surface area (Å²) in [5.41, 5.74) is 5.44. The third-order valence-electron chi connectivity index (χ3n) is 4.40. The molecule has 0 bridgehead atoms. The fourth-order valence-electron chi connectivity index (χ4n) is 3.09. The maximum absolute atomic E-state index is 5.47. The van der Waals surface area contributed by atoms with Gasteiger partial charge in [0.05, 0.1) is 0 Å². The molecule has 26 heavy (non-hydrogen) atoms. The minimum absolute atomic E-state index is 0. The second-order valence-corrected chi connectivity index (χ2v) is 6.10. The van der Waals surface area contributed by atoms with Crippen LogP contribution >= 0.6 is 12.4 Å². The van der Waals surface area contributed by atoms with E-state index in [1.54, 1.807) is 0 Å². The number of hydrogen-bond acceptors (Lipinski definition) is 3. The number of benzene rings is 3. The number of rotatable bonds is 6. The lowest BCUT2D eigenvalue weighted by Crippen LogP contribution is -2.17. The van der Waals surface area contributed by atoms with Crippen LogP contribution in [0.15, 0.2) is 83.4 Å². The van der Waals surface area contributed by atoms with Crippen LogP contribution < -0.4 is 5.32 Å². The van der Waals surface area contributed by atoms with Gasteiger partial charge in [0.15, 0.2) is 5.58 Å². The van der Waals surface area contributed by atoms with E-state index in [0.717, 1.165) is 41.7 Å². The Kier molecular flexibility index (Phi) is 6.05. The van der Waals surface area contributed by atoms with E-state index in [-0.39, 0.29) is 12.4 Å². The highest BCUT2D eigenvalue weighted by molar-refractivity contribution is 5.92. The fraction of sp³-hybridized carbons (Fsp3) is 0.136. The molecule has 0 aliphatic rings. The Morgan fingerprint density at radius 3 is 2.42 bits per heavy atom. The smallest absolute Gasteiger partial charge is 0.167 e. The number of aromatic nitrogens is 1. The van der Waals surface area contributed by atoms with Crippen LogP contribution in [0.5, 0.6) is 0 Å². The molecule has 0 fully saturated rings. The van der Waals surface area contributed by atoms with Crippen LogP contribution in [0.2, 0.25) is 0 Å². The molecule has 4 aromatic rings. The van der Waals surface area contributed by atoms with Gasteiger partial charge in [0.25, 0.3) is 0 Å². The summed E-state index contributed by atoms with van der Waals surface area (Å²) in [6.45, 7) is 1.75. The molecule has 0 aliphatic heterocycles. The highest BCUT2D eigenvalue weighted by atomic mass is 35.5. The van der Waals surface area contributed by atoms with Crippen LogP contribution in [-0.4, -0.2) is 11.7 Å². The maximum Gasteiger partial charge on any atom is 0.167 e. The van der Waals surface area contributed by atoms with Gasteiger partial charge in [-0.05, 0) is 36.2 Å². The van der Waals surface area contributed by atoms with Crippen molar-refractivity contribution in [2.24, 2.45) is 0 Å². The summed E-state index contributed by atoms with van der Waals surface area (Å²) < 4.78 is 5.47. The standard InChI is InChI=1S/C22H20N2O.ClH/c1-2-8-17(9-3-1)14-15-23-16-18-10-4-5-11-19(18)22-20-12-6-7-13-21(20)25-24-22;/h1-13,23H,14-16H2;1H. The van der Waals surface area contributed by atoms with Crippen molar-refractivity contribution in [2.75, 3.05) is 6.54 Å². The molecule has 3 nitrogen and oxygen atoms in total. The third kappa shape index (κ3) is 3.96. The molecule has 0 atom stereocenters. The van der Waals surface area contributed by atoms with Gasteiger partial charge in [-0.3, -0.25) is 0 Å². The van der Waals surface area contributed by atoms with Crippen molar-refractivity contribution < 1.29 is 4.52 Å². The first kappa shape index (κ1) is 18.2. The van der Waals surface area contributed by atoms with Crippen molar-refractivity contribution in [3.05, 3.63) is 90.0 Å². The first-order valence-corrected chi connectivity index (χ1v) is 8.59. The molecule has 0 unspecified atom stereocenters. The van der Waals surface area contributed by atoms with Gasteiger partial charge in [-0.1, -0.05) is 71.9 Å². The fourth-order valence-corrected chi connectivity index (χ4v) is 3.09. The Morgan fingerprint density at radius 1 is 0.808 bits per heavy atom. The lowest BCUT2D eigenvalue weighted by Gasteiger charge is -2.09. The summed E-state index contributed by atoms with van der Waals surface area (Å²) in [6.07, 6.45) is 1.02. The third-order valence-corrected chi connectivity index (χ3v) is 4.40. The molecule has 3 aromatic carbocycles. The highest BCUT2D eigenvalue weighted by Crippen LogP contribution is 2.30. The van der Waals surface area contributed by atoms with E-state index in [1.807, 2.05) is 24.3 Å². The minimum atomic E-state index is 0. The van der Waals surface area contributed by atoms with Crippen LogP contribution in [-0.2, 0) is 13.0 Å². The molecule has 0 amide bonds. The molecule has 0 aliphatic carbocycles. The summed E-state index contributed by atoms with van der Waals surface area (Å²) in [5.74, 6) is 0. The zero-order valence-corrected chi connectivity index (χ0v) is 15.2. The van der Waals surface area contributed by atoms with Crippen molar-refractivity contribution in [3.8, 4) is 11.3 Å². The summed E-state index contributed by atoms with van der Waals surface area (Å²) in [5, 5.41) is 8.90. The second kappa shape index (κ2) is 8.65. The summed E-state index contributed by atoms with van der Waals surface area (Å²) in [4.78, 5) is 0. The lowest BCUT2D eigenvalue weighted by atomic mass is 10.0. The first-order chi connectivity index (χ1) is 12.4. The maximum atomic E-state index is 5.47. The van der Waals surface area contributed by atoms with Gasteiger partial charge < -0.3 is 9.84 Å². The Morgan fingerprint density at radius 2 is 1.54 bits per heavy atom. The van der Waals surface area contributed by atoms with E-state index in [1.165, 1.54) is 11.1 Å². The average Bonchev–Trinajstić information content (AvgIpc) is 3.10. The molecular formula is C22H21ClN2O. The van der Waals surface area contributed by atoms with Crippen LogP contribution in [0, 0.1) is 0 Å². The van der Waals surface area contributed by atoms with E-state index in [9.17, 15) is 0 Å². The molecular weight excluding hydrogens is 344 g/mol. The Labute approximate surface area is 159 Å². The quantitative estimate of drug-likeness (QED) is 0.475. The molecule has 1 N–H and O–H groups in total. The highest BCUT2D eigenvalue weighted by Gasteiger charge is 2.12. The first-order valence-electron chi connectivity index (χ1n) is 8.59. The monoisotopic (exact) mass is 364 g/mol. The largest absolute Gasteiger partial charge is 0.356 e. The van der Waals surface area contributed by atoms with Crippen molar-refractivity contribution in [2.45, 2.75) is 13.0 Å². The van der Waals surface area contributed by atoms with Crippen molar-refractivity contribution in [1.82, 2.24) is 10.5 Å². The topological polar surface area (TPSA) is 38.1 Å². The van der Waals surface area contributed by atoms with Crippen LogP contribution in [0.1, 0.15) is 11.1 Å². The van der Waals surface area contributed by atoms with E-state index in [4.69, 9.17) is 4.52 Å². The zero-order chi connectivity index (χ0) is 16.9. The number of nitrogens with zero attached hydrogens (tertiary/aromatic N) is 1. The van der Waals surface area contributed by atoms with Crippen molar-refractivity contribution >= 4 is 23.4 Å². The Bertz CT molecular complexity index is 966. The van der Waals surface area contributed by atoms with Crippen LogP contribution in [0.3, 0.4) is 0 Å². The van der Waals surface area contributed by atoms with Crippen LogP contribution in [0.4, 0.5) is 0 Å². The van der Waals surface area contributed by atoms with Gasteiger partial charge in [0.2, 0.25) is 0 Å². The van der Waals surface area contributed by atoms with E-state index in [0.29, 0.717) is 0 Å². The molecule has 0 saturated carbocycles. The normalized spacial score (nSPS) is 10.6. The van der Waals surface area contributed by atoms with Gasteiger partial charge in [0, 0.05) is 17.5 Å². The second-order valence-electron chi connectivity index (χ2n) is 6.10. The van der Waals surface area contributed by atoms with Crippen LogP contribution in [0.25, 0.3) is 22.2 Å². The summed E-state index contributed by atoms with van der Waals surface area (Å²) >= 11 is 0. The van der Waals surface area contributed by atoms with Gasteiger partial charge in [-0.15, -0.1) is 12.4 Å². The number of hydrogen-bond donors (Lipinski definition) is 1. The SMILES string of the molecule is Cl.c1ccc(CCNCc2ccccc2-c2noc3ccccc23)cc1. The Balaban J connectivity index is 0.00000196. The predicted octanol–water partition coefficient (Wildman–Crippen LogP) is 5.25. The van der Waals surface area contributed by atoms with E-state index in [2.05, 4.69) is 65.1 Å². The molecule has 1 heterocycles. The average molecular weight is 365 g/mol. The number of fused-ring (bicyclic) bond motifs is 1. The number of halogens is 1. The number of nitrogens with one attached hydrogen (secondary N) is 1. The van der Waals surface area contributed by atoms with E-state index < -0.39 is 0 Å². The van der Waals surface area contributed by atoms with Gasteiger partial charge >= 0.3 is 0 Å². The minimum Gasteiger partial charge on any atom is -0.356 e. The summed E-state index contributed by atoms with van der Waals surface area (Å²) in [6, 6.07) is 26.9. The lowest BCUT2D eigenvalue weighted by molar-refractivity contribution is 0.459. The Hall–Kier alpha value is -2.62. The van der Waals surface area contributed by atoms with Gasteiger partial charge in [-0.2, -0.15) is 0 Å². The van der Waals surface area contributed by atoms with Crippen molar-refractivity contribution in [1.29, 1.82) is 0 Å². The predicted molar refractivity (Wildman–Crippen MR) is 109 cm³/mol. The molecule has 0 spiro atoms.